The molecule has 0 rings (SSSR count). The highest BCUT2D eigenvalue weighted by Gasteiger charge is 2.18. The van der Waals surface area contributed by atoms with E-state index in [-0.39, 0.29) is 0 Å². The summed E-state index contributed by atoms with van der Waals surface area (Å²) < 4.78 is 5.15. The molecule has 0 aliphatic heterocycles. The summed E-state index contributed by atoms with van der Waals surface area (Å²) in [6, 6.07) is -0.900. The molecule has 0 bridgehead atoms. The molecule has 0 aliphatic rings. The van der Waals surface area contributed by atoms with Crippen molar-refractivity contribution in [2.75, 3.05) is 6.61 Å². The molecule has 86 valence electrons. The summed E-state index contributed by atoms with van der Waals surface area (Å²) in [5.41, 5.74) is 0. The van der Waals surface area contributed by atoms with Crippen molar-refractivity contribution in [1.82, 2.24) is 5.32 Å². The lowest BCUT2D eigenvalue weighted by molar-refractivity contribution is -0.143. The third kappa shape index (κ3) is 5.85. The number of hydrogen-bond donors (Lipinski definition) is 2. The average Bonchev–Trinajstić information content (AvgIpc) is 2.17. The molecule has 0 radical (unpaired) electrons. The number of rotatable bonds is 7. The van der Waals surface area contributed by atoms with Gasteiger partial charge in [0, 0.05) is 0 Å². The van der Waals surface area contributed by atoms with Crippen LogP contribution in [0.2, 0.25) is 0 Å². The van der Waals surface area contributed by atoms with Gasteiger partial charge in [0.1, 0.15) is 12.1 Å². The molecule has 2 atom stereocenters. The fourth-order valence-corrected chi connectivity index (χ4v) is 0.796. The van der Waals surface area contributed by atoms with E-state index >= 15 is 0 Å². The van der Waals surface area contributed by atoms with Crippen LogP contribution in [0.1, 0.15) is 20.3 Å². The lowest BCUT2D eigenvalue weighted by Crippen LogP contribution is -2.43. The van der Waals surface area contributed by atoms with Crippen molar-refractivity contribution >= 4 is 11.9 Å². The number of hydrogen-bond acceptors (Lipinski definition) is 3. The van der Waals surface area contributed by atoms with Gasteiger partial charge in [0.25, 0.3) is 0 Å². The molecule has 0 aromatic rings. The highest BCUT2D eigenvalue weighted by Crippen LogP contribution is 1.94. The van der Waals surface area contributed by atoms with Gasteiger partial charge < -0.3 is 15.2 Å². The predicted octanol–water partition coefficient (Wildman–Crippen LogP) is 0.557. The van der Waals surface area contributed by atoms with E-state index in [4.69, 9.17) is 9.84 Å². The Kier molecular flexibility index (Phi) is 6.37. The van der Waals surface area contributed by atoms with Crippen molar-refractivity contribution in [3.05, 3.63) is 12.7 Å². The third-order valence-corrected chi connectivity index (χ3v) is 1.79. The van der Waals surface area contributed by atoms with Gasteiger partial charge in [-0.05, 0) is 20.3 Å². The Morgan fingerprint density at radius 2 is 2.13 bits per heavy atom. The van der Waals surface area contributed by atoms with Crippen molar-refractivity contribution in [1.29, 1.82) is 0 Å². The Balaban J connectivity index is 3.88. The molecule has 2 N–H and O–H groups in total. The largest absolute Gasteiger partial charge is 0.480 e. The van der Waals surface area contributed by atoms with E-state index in [9.17, 15) is 9.59 Å². The lowest BCUT2D eigenvalue weighted by atomic mass is 10.3. The van der Waals surface area contributed by atoms with E-state index in [2.05, 4.69) is 11.9 Å². The second-order valence-corrected chi connectivity index (χ2v) is 3.16. The van der Waals surface area contributed by atoms with Crippen LogP contribution in [0.15, 0.2) is 12.7 Å². The van der Waals surface area contributed by atoms with Crippen molar-refractivity contribution in [2.24, 2.45) is 0 Å². The lowest BCUT2D eigenvalue weighted by Gasteiger charge is -2.14. The SMILES string of the molecule is C=CCCOC(C)C(=O)NC(C)C(=O)O. The van der Waals surface area contributed by atoms with Gasteiger partial charge in [0.05, 0.1) is 6.61 Å². The van der Waals surface area contributed by atoms with Crippen LogP contribution in [0.25, 0.3) is 0 Å². The van der Waals surface area contributed by atoms with Gasteiger partial charge in [-0.3, -0.25) is 9.59 Å². The van der Waals surface area contributed by atoms with Crippen LogP contribution < -0.4 is 5.32 Å². The van der Waals surface area contributed by atoms with Gasteiger partial charge in [0.15, 0.2) is 0 Å². The number of carbonyl (C=O) groups excluding carboxylic acids is 1. The van der Waals surface area contributed by atoms with Crippen LogP contribution in [-0.2, 0) is 14.3 Å². The minimum atomic E-state index is -1.07. The molecule has 5 nitrogen and oxygen atoms in total. The average molecular weight is 215 g/mol. The number of carboxylic acids is 1. The van der Waals surface area contributed by atoms with Crippen LogP contribution in [-0.4, -0.2) is 35.7 Å². The summed E-state index contributed by atoms with van der Waals surface area (Å²) in [5, 5.41) is 10.9. The number of aliphatic carboxylic acids is 1. The van der Waals surface area contributed by atoms with Crippen LogP contribution >= 0.6 is 0 Å². The molecule has 2 unspecified atom stereocenters. The van der Waals surface area contributed by atoms with E-state index in [1.165, 1.54) is 6.92 Å². The van der Waals surface area contributed by atoms with Gasteiger partial charge in [-0.15, -0.1) is 6.58 Å². The summed E-state index contributed by atoms with van der Waals surface area (Å²) in [6.45, 7) is 6.89. The number of amides is 1. The van der Waals surface area contributed by atoms with Crippen molar-refractivity contribution in [3.8, 4) is 0 Å². The van der Waals surface area contributed by atoms with E-state index in [0.717, 1.165) is 0 Å². The Morgan fingerprint density at radius 1 is 1.53 bits per heavy atom. The highest BCUT2D eigenvalue weighted by atomic mass is 16.5. The number of nitrogens with one attached hydrogen (secondary N) is 1. The Morgan fingerprint density at radius 3 is 2.60 bits per heavy atom. The smallest absolute Gasteiger partial charge is 0.325 e. The summed E-state index contributed by atoms with van der Waals surface area (Å²) in [6.07, 6.45) is 1.70. The van der Waals surface area contributed by atoms with E-state index in [0.29, 0.717) is 13.0 Å². The maximum absolute atomic E-state index is 11.3. The van der Waals surface area contributed by atoms with E-state index in [1.807, 2.05) is 0 Å². The minimum absolute atomic E-state index is 0.402. The molecule has 0 saturated heterocycles. The summed E-state index contributed by atoms with van der Waals surface area (Å²) in [7, 11) is 0. The molecule has 1 amide bonds. The van der Waals surface area contributed by atoms with Crippen LogP contribution in [0.4, 0.5) is 0 Å². The van der Waals surface area contributed by atoms with Crippen molar-refractivity contribution in [3.63, 3.8) is 0 Å². The molecule has 0 aromatic heterocycles. The first-order valence-electron chi connectivity index (χ1n) is 4.74. The maximum atomic E-state index is 11.3. The number of carbonyl (C=O) groups is 2. The van der Waals surface area contributed by atoms with Gasteiger partial charge in [0.2, 0.25) is 5.91 Å². The van der Waals surface area contributed by atoms with Crippen LogP contribution in [0.5, 0.6) is 0 Å². The number of carboxylic acid groups (broad SMARTS) is 1. The zero-order valence-corrected chi connectivity index (χ0v) is 9.03. The van der Waals surface area contributed by atoms with Crippen molar-refractivity contribution < 1.29 is 19.4 Å². The van der Waals surface area contributed by atoms with Gasteiger partial charge in [-0.2, -0.15) is 0 Å². The second-order valence-electron chi connectivity index (χ2n) is 3.16. The van der Waals surface area contributed by atoms with Crippen molar-refractivity contribution in [2.45, 2.75) is 32.4 Å². The highest BCUT2D eigenvalue weighted by molar-refractivity contribution is 5.85. The summed E-state index contributed by atoms with van der Waals surface area (Å²) in [4.78, 5) is 21.8. The van der Waals surface area contributed by atoms with E-state index < -0.39 is 24.0 Å². The Hall–Kier alpha value is -1.36. The summed E-state index contributed by atoms with van der Waals surface area (Å²) in [5.74, 6) is -1.49. The third-order valence-electron chi connectivity index (χ3n) is 1.79. The summed E-state index contributed by atoms with van der Waals surface area (Å²) >= 11 is 0. The zero-order valence-electron chi connectivity index (χ0n) is 9.03. The van der Waals surface area contributed by atoms with Crippen LogP contribution in [0, 0.1) is 0 Å². The fourth-order valence-electron chi connectivity index (χ4n) is 0.796. The molecule has 0 spiro atoms. The monoisotopic (exact) mass is 215 g/mol. The molecular weight excluding hydrogens is 198 g/mol. The molecule has 5 heteroatoms. The first kappa shape index (κ1) is 13.6. The molecule has 15 heavy (non-hydrogen) atoms. The first-order valence-corrected chi connectivity index (χ1v) is 4.74. The molecule has 0 heterocycles. The molecule has 0 fully saturated rings. The normalized spacial score (nSPS) is 14.0. The second kappa shape index (κ2) is 7.00. The topological polar surface area (TPSA) is 75.6 Å². The van der Waals surface area contributed by atoms with Crippen LogP contribution in [0.3, 0.4) is 0 Å². The molecule has 0 aliphatic carbocycles. The Labute approximate surface area is 89.1 Å². The minimum Gasteiger partial charge on any atom is -0.480 e. The standard InChI is InChI=1S/C10H17NO4/c1-4-5-6-15-8(3)9(12)11-7(2)10(13)14/h4,7-8H,1,5-6H2,2-3H3,(H,11,12)(H,13,14). The first-order chi connectivity index (χ1) is 6.99. The quantitative estimate of drug-likeness (QED) is 0.480. The van der Waals surface area contributed by atoms with Gasteiger partial charge in [-0.25, -0.2) is 0 Å². The predicted molar refractivity (Wildman–Crippen MR) is 55.5 cm³/mol. The van der Waals surface area contributed by atoms with Gasteiger partial charge >= 0.3 is 5.97 Å². The zero-order chi connectivity index (χ0) is 11.8. The molecular formula is C10H17NO4. The Bertz CT molecular complexity index is 240. The van der Waals surface area contributed by atoms with E-state index in [1.54, 1.807) is 13.0 Å². The maximum Gasteiger partial charge on any atom is 0.325 e. The van der Waals surface area contributed by atoms with Gasteiger partial charge in [-0.1, -0.05) is 6.08 Å². The molecule has 0 aromatic carbocycles. The fraction of sp³-hybridized carbons (Fsp3) is 0.600. The molecule has 0 saturated carbocycles. The number of ether oxygens (including phenoxy) is 1.